The number of esters is 1. The lowest BCUT2D eigenvalue weighted by molar-refractivity contribution is -0.165. The number of halogens is 1. The van der Waals surface area contributed by atoms with Crippen molar-refractivity contribution < 1.29 is 33.8 Å². The van der Waals surface area contributed by atoms with Gasteiger partial charge in [-0.25, -0.2) is 0 Å². The number of likely N-dealkylation sites (N-methyl/N-ethyl adjacent to an activating group) is 1. The summed E-state index contributed by atoms with van der Waals surface area (Å²) in [6.45, 7) is 15.9. The molecule has 3 saturated heterocycles. The van der Waals surface area contributed by atoms with Crippen molar-refractivity contribution in [3.8, 4) is 0 Å². The highest BCUT2D eigenvalue weighted by molar-refractivity contribution is 9.09. The fourth-order valence-electron chi connectivity index (χ4n) is 8.08. The molecule has 2 bridgehead atoms. The number of amides is 3. The number of aliphatic hydroxyl groups is 1. The van der Waals surface area contributed by atoms with Crippen molar-refractivity contribution >= 4 is 39.6 Å². The fraction of sp³-hybridized carbons (Fsp3) is 0.641. The van der Waals surface area contributed by atoms with Gasteiger partial charge >= 0.3 is 5.97 Å². The number of likely N-dealkylation sites (tertiary alicyclic amines) is 1. The van der Waals surface area contributed by atoms with Crippen molar-refractivity contribution in [2.45, 2.75) is 113 Å². The van der Waals surface area contributed by atoms with Crippen molar-refractivity contribution in [3.05, 3.63) is 61.2 Å². The third-order valence-electron chi connectivity index (χ3n) is 11.1. The summed E-state index contributed by atoms with van der Waals surface area (Å²) in [6.07, 6.45) is 6.38. The lowest BCUT2D eigenvalue weighted by atomic mass is 9.70. The van der Waals surface area contributed by atoms with Crippen molar-refractivity contribution in [2.24, 2.45) is 17.8 Å². The molecule has 276 valence electrons. The number of nitrogens with zero attached hydrogens (tertiary/aromatic N) is 3. The van der Waals surface area contributed by atoms with Crippen LogP contribution < -0.4 is 0 Å². The number of carbonyl (C=O) groups is 4. The van der Waals surface area contributed by atoms with Gasteiger partial charge in [0.15, 0.2) is 0 Å². The van der Waals surface area contributed by atoms with E-state index in [0.717, 1.165) is 19.3 Å². The molecule has 4 rings (SSSR count). The highest BCUT2D eigenvalue weighted by Crippen LogP contribution is 2.61. The molecule has 3 aliphatic heterocycles. The first-order chi connectivity index (χ1) is 23.9. The summed E-state index contributed by atoms with van der Waals surface area (Å²) in [5, 5.41) is 10.7. The Morgan fingerprint density at radius 1 is 1.16 bits per heavy atom. The van der Waals surface area contributed by atoms with Crippen LogP contribution >= 0.6 is 15.9 Å². The minimum absolute atomic E-state index is 0.108. The number of unbranched alkanes of at least 4 members (excludes halogenated alkanes) is 2. The third-order valence-corrected chi connectivity index (χ3v) is 12.0. The standard InChI is InChI=1S/C39H56BrN3O7/c1-8-12-17-22-42(21-10-3)37(47)35-39-23-28(40)34(50-39)31(32(39)36(46)43(35)29(24-44)25(5)11-4)38(48)49-33(27-18-15-14-16-19-27)26(6)41(7)30(45)20-13-9-2/h9-10,14-16,18-19,25-26,28-29,31-35,44H,2-3,8,11-13,17,20-24H2,1,4-7H3/t25-,26+,28?,29-,31-,32+,33-,34-,35-,39+/m0/s1. The summed E-state index contributed by atoms with van der Waals surface area (Å²) < 4.78 is 13.1. The van der Waals surface area contributed by atoms with Gasteiger partial charge < -0.3 is 29.3 Å². The van der Waals surface area contributed by atoms with E-state index in [1.165, 1.54) is 0 Å². The average Bonchev–Trinajstić information content (AvgIpc) is 3.72. The number of allylic oxidation sites excluding steroid dienone is 1. The van der Waals surface area contributed by atoms with Crippen LogP contribution in [-0.2, 0) is 28.7 Å². The molecule has 1 N–H and O–H groups in total. The molecule has 3 amide bonds. The van der Waals surface area contributed by atoms with E-state index in [1.54, 1.807) is 33.9 Å². The van der Waals surface area contributed by atoms with Gasteiger partial charge in [0.1, 0.15) is 17.7 Å². The zero-order valence-corrected chi connectivity index (χ0v) is 31.9. The van der Waals surface area contributed by atoms with E-state index in [1.807, 2.05) is 51.1 Å². The molecule has 11 heteroatoms. The van der Waals surface area contributed by atoms with Gasteiger partial charge in [-0.3, -0.25) is 19.2 Å². The van der Waals surface area contributed by atoms with Crippen LogP contribution in [0.2, 0.25) is 0 Å². The SMILES string of the molecule is C=CCCC(=O)N(C)[C@H](C)[C@H](OC(=O)[C@@H]1[C@H]2O[C@@]3(CC2Br)[C@H](C(=O)N(CC=C)CCCCC)N([C@@H](CO)[C@@H](C)CC)C(=O)[C@@H]13)c1ccccc1. The van der Waals surface area contributed by atoms with Crippen molar-refractivity contribution in [1.29, 1.82) is 0 Å². The largest absolute Gasteiger partial charge is 0.455 e. The first-order valence-corrected chi connectivity index (χ1v) is 19.1. The minimum atomic E-state index is -1.30. The summed E-state index contributed by atoms with van der Waals surface area (Å²) in [4.78, 5) is 61.7. The van der Waals surface area contributed by atoms with Crippen LogP contribution in [0.3, 0.4) is 0 Å². The smallest absolute Gasteiger partial charge is 0.313 e. The molecular weight excluding hydrogens is 702 g/mol. The first kappa shape index (κ1) is 39.8. The predicted octanol–water partition coefficient (Wildman–Crippen LogP) is 5.44. The Kier molecular flexibility index (Phi) is 13.9. The van der Waals surface area contributed by atoms with E-state index in [0.29, 0.717) is 37.9 Å². The van der Waals surface area contributed by atoms with Crippen LogP contribution in [-0.4, -0.2) is 105 Å². The van der Waals surface area contributed by atoms with Gasteiger partial charge in [-0.2, -0.15) is 0 Å². The maximum Gasteiger partial charge on any atom is 0.313 e. The molecule has 0 radical (unpaired) electrons. The molecule has 1 unspecified atom stereocenters. The minimum Gasteiger partial charge on any atom is -0.455 e. The number of alkyl halides is 1. The molecule has 0 aromatic heterocycles. The summed E-state index contributed by atoms with van der Waals surface area (Å²) in [7, 11) is 1.69. The number of hydrogen-bond donors (Lipinski definition) is 1. The maximum atomic E-state index is 14.8. The molecule has 10 nitrogen and oxygen atoms in total. The molecule has 50 heavy (non-hydrogen) atoms. The lowest BCUT2D eigenvalue weighted by Gasteiger charge is -2.41. The summed E-state index contributed by atoms with van der Waals surface area (Å²) in [5.74, 6) is -3.48. The molecule has 0 saturated carbocycles. The molecule has 1 spiro atoms. The van der Waals surface area contributed by atoms with Crippen LogP contribution in [0, 0.1) is 17.8 Å². The van der Waals surface area contributed by atoms with Gasteiger partial charge in [0.05, 0.1) is 36.6 Å². The van der Waals surface area contributed by atoms with E-state index in [9.17, 15) is 24.3 Å². The molecule has 1 aromatic rings. The number of benzene rings is 1. The second-order valence-corrected chi connectivity index (χ2v) is 15.3. The first-order valence-electron chi connectivity index (χ1n) is 18.2. The number of rotatable bonds is 19. The van der Waals surface area contributed by atoms with Crippen LogP contribution in [0.15, 0.2) is 55.6 Å². The number of fused-ring (bicyclic) bond motifs is 1. The Labute approximate surface area is 306 Å². The van der Waals surface area contributed by atoms with Crippen LogP contribution in [0.1, 0.15) is 84.3 Å². The maximum absolute atomic E-state index is 14.8. The van der Waals surface area contributed by atoms with Gasteiger partial charge in [-0.05, 0) is 37.7 Å². The molecule has 3 fully saturated rings. The summed E-state index contributed by atoms with van der Waals surface area (Å²) in [6, 6.07) is 7.05. The van der Waals surface area contributed by atoms with Crippen molar-refractivity contribution in [2.75, 3.05) is 26.7 Å². The molecule has 1 aromatic carbocycles. The molecule has 10 atom stereocenters. The number of ether oxygens (including phenoxy) is 2. The Bertz CT molecular complexity index is 1380. The van der Waals surface area contributed by atoms with Gasteiger partial charge in [-0.1, -0.05) is 98.4 Å². The van der Waals surface area contributed by atoms with Crippen LogP contribution in [0.4, 0.5) is 0 Å². The van der Waals surface area contributed by atoms with Gasteiger partial charge in [0, 0.05) is 31.4 Å². The zero-order chi connectivity index (χ0) is 36.7. The highest BCUT2D eigenvalue weighted by Gasteiger charge is 2.77. The molecule has 0 aliphatic carbocycles. The molecule has 3 heterocycles. The Hall–Kier alpha value is -3.02. The second-order valence-electron chi connectivity index (χ2n) is 14.2. The van der Waals surface area contributed by atoms with Crippen LogP contribution in [0.25, 0.3) is 0 Å². The van der Waals surface area contributed by atoms with Gasteiger partial charge in [0.2, 0.25) is 17.7 Å². The van der Waals surface area contributed by atoms with Crippen molar-refractivity contribution in [3.63, 3.8) is 0 Å². The number of aliphatic hydroxyl groups excluding tert-OH is 1. The lowest BCUT2D eigenvalue weighted by Crippen LogP contribution is -2.60. The summed E-state index contributed by atoms with van der Waals surface area (Å²) >= 11 is 3.76. The third kappa shape index (κ3) is 7.60. The highest BCUT2D eigenvalue weighted by atomic mass is 79.9. The van der Waals surface area contributed by atoms with E-state index in [4.69, 9.17) is 9.47 Å². The average molecular weight is 759 g/mol. The Balaban J connectivity index is 1.76. The van der Waals surface area contributed by atoms with E-state index < -0.39 is 53.7 Å². The van der Waals surface area contributed by atoms with Crippen molar-refractivity contribution in [1.82, 2.24) is 14.7 Å². The quantitative estimate of drug-likeness (QED) is 0.0865. The monoisotopic (exact) mass is 757 g/mol. The Morgan fingerprint density at radius 3 is 2.46 bits per heavy atom. The van der Waals surface area contributed by atoms with Crippen LogP contribution in [0.5, 0.6) is 0 Å². The fourth-order valence-corrected chi connectivity index (χ4v) is 9.03. The van der Waals surface area contributed by atoms with Gasteiger partial charge in [-0.15, -0.1) is 13.2 Å². The Morgan fingerprint density at radius 2 is 1.86 bits per heavy atom. The normalized spacial score (nSPS) is 27.6. The summed E-state index contributed by atoms with van der Waals surface area (Å²) in [5.41, 5.74) is -0.588. The van der Waals surface area contributed by atoms with E-state index in [2.05, 4.69) is 36.0 Å². The molecular formula is C39H56BrN3O7. The molecule has 3 aliphatic rings. The van der Waals surface area contributed by atoms with E-state index in [-0.39, 0.29) is 41.5 Å². The second kappa shape index (κ2) is 17.5. The van der Waals surface area contributed by atoms with Gasteiger partial charge in [0.25, 0.3) is 0 Å². The topological polar surface area (TPSA) is 117 Å². The zero-order valence-electron chi connectivity index (χ0n) is 30.3. The predicted molar refractivity (Wildman–Crippen MR) is 196 cm³/mol. The number of hydrogen-bond acceptors (Lipinski definition) is 7. The van der Waals surface area contributed by atoms with E-state index >= 15 is 0 Å². The number of carbonyl (C=O) groups excluding carboxylic acids is 4.